The van der Waals surface area contributed by atoms with Gasteiger partial charge in [0, 0.05) is 18.1 Å². The molecule has 1 fully saturated rings. The molecule has 8 heteroatoms. The maximum absolute atomic E-state index is 13.0. The zero-order chi connectivity index (χ0) is 17.4. The third-order valence-electron chi connectivity index (χ3n) is 4.09. The van der Waals surface area contributed by atoms with Crippen LogP contribution in [-0.4, -0.2) is 41.1 Å². The van der Waals surface area contributed by atoms with E-state index in [1.165, 1.54) is 0 Å². The van der Waals surface area contributed by atoms with Gasteiger partial charge < -0.3 is 10.0 Å². The molecule has 23 heavy (non-hydrogen) atoms. The van der Waals surface area contributed by atoms with Gasteiger partial charge in [-0.3, -0.25) is 9.59 Å². The third kappa shape index (κ3) is 3.77. The highest BCUT2D eigenvalue weighted by Gasteiger charge is 2.53. The maximum Gasteiger partial charge on any atom is 0.394 e. The Morgan fingerprint density at radius 2 is 2.00 bits per heavy atom. The Kier molecular flexibility index (Phi) is 4.89. The largest absolute Gasteiger partial charge is 0.481 e. The number of halogens is 4. The molecular weight excluding hydrogens is 335 g/mol. The topological polar surface area (TPSA) is 57.6 Å². The fraction of sp³-hybridized carbons (Fsp3) is 0.467. The Bertz CT molecular complexity index is 620. The fourth-order valence-electron chi connectivity index (χ4n) is 2.76. The lowest BCUT2D eigenvalue weighted by Gasteiger charge is -2.21. The molecule has 3 atom stereocenters. The van der Waals surface area contributed by atoms with Crippen molar-refractivity contribution in [3.8, 4) is 0 Å². The first-order valence-corrected chi connectivity index (χ1v) is 7.33. The number of carboxylic acids is 1. The second-order valence-corrected chi connectivity index (χ2v) is 6.05. The number of likely N-dealkylation sites (tertiary alicyclic amines) is 1. The summed E-state index contributed by atoms with van der Waals surface area (Å²) in [5.74, 6) is -6.46. The summed E-state index contributed by atoms with van der Waals surface area (Å²) < 4.78 is 38.9. The maximum atomic E-state index is 13.0. The van der Waals surface area contributed by atoms with E-state index in [9.17, 15) is 22.8 Å². The summed E-state index contributed by atoms with van der Waals surface area (Å²) in [5, 5.41) is 9.40. The lowest BCUT2D eigenvalue weighted by molar-refractivity contribution is -0.188. The Morgan fingerprint density at radius 3 is 2.48 bits per heavy atom. The zero-order valence-corrected chi connectivity index (χ0v) is 12.9. The number of benzene rings is 1. The van der Waals surface area contributed by atoms with Gasteiger partial charge in [0.1, 0.15) is 0 Å². The van der Waals surface area contributed by atoms with Crippen LogP contribution in [0.1, 0.15) is 18.4 Å². The average molecular weight is 350 g/mol. The van der Waals surface area contributed by atoms with Gasteiger partial charge in [-0.1, -0.05) is 23.7 Å². The van der Waals surface area contributed by atoms with Crippen LogP contribution in [0.2, 0.25) is 5.02 Å². The summed E-state index contributed by atoms with van der Waals surface area (Å²) in [5.41, 5.74) is 0.574. The first-order valence-electron chi connectivity index (χ1n) is 6.95. The van der Waals surface area contributed by atoms with Crippen molar-refractivity contribution in [2.24, 2.45) is 11.8 Å². The molecule has 1 N–H and O–H groups in total. The van der Waals surface area contributed by atoms with Crippen LogP contribution < -0.4 is 0 Å². The van der Waals surface area contributed by atoms with Crippen molar-refractivity contribution >= 4 is 23.5 Å². The molecule has 0 radical (unpaired) electrons. The van der Waals surface area contributed by atoms with Gasteiger partial charge in [-0.15, -0.1) is 0 Å². The molecule has 1 saturated heterocycles. The van der Waals surface area contributed by atoms with Crippen LogP contribution in [0.3, 0.4) is 0 Å². The zero-order valence-electron chi connectivity index (χ0n) is 12.2. The van der Waals surface area contributed by atoms with Crippen LogP contribution in [0, 0.1) is 11.8 Å². The molecule has 1 aromatic carbocycles. The third-order valence-corrected chi connectivity index (χ3v) is 4.32. The van der Waals surface area contributed by atoms with Gasteiger partial charge in [-0.25, -0.2) is 0 Å². The summed E-state index contributed by atoms with van der Waals surface area (Å²) in [7, 11) is 0. The molecule has 1 amide bonds. The molecule has 4 nitrogen and oxygen atoms in total. The highest BCUT2D eigenvalue weighted by molar-refractivity contribution is 6.30. The molecule has 0 saturated carbocycles. The predicted molar refractivity (Wildman–Crippen MR) is 77.1 cm³/mol. The van der Waals surface area contributed by atoms with Crippen LogP contribution in [0.25, 0.3) is 0 Å². The lowest BCUT2D eigenvalue weighted by atomic mass is 9.96. The van der Waals surface area contributed by atoms with E-state index in [0.717, 1.165) is 4.90 Å². The van der Waals surface area contributed by atoms with Crippen molar-refractivity contribution in [3.63, 3.8) is 0 Å². The van der Waals surface area contributed by atoms with Crippen molar-refractivity contribution in [1.82, 2.24) is 4.90 Å². The quantitative estimate of drug-likeness (QED) is 0.912. The van der Waals surface area contributed by atoms with Gasteiger partial charge in [-0.05, 0) is 24.6 Å². The summed E-state index contributed by atoms with van der Waals surface area (Å²) in [6.07, 6.45) is -4.66. The van der Waals surface area contributed by atoms with Gasteiger partial charge in [0.2, 0.25) is 5.91 Å². The average Bonchev–Trinajstić information content (AvgIpc) is 2.91. The first kappa shape index (κ1) is 17.6. The summed E-state index contributed by atoms with van der Waals surface area (Å²) >= 11 is 5.85. The molecule has 126 valence electrons. The van der Waals surface area contributed by atoms with E-state index in [2.05, 4.69) is 0 Å². The molecule has 2 rings (SSSR count). The number of hydrogen-bond donors (Lipinski definition) is 1. The van der Waals surface area contributed by atoms with E-state index in [-0.39, 0.29) is 0 Å². The number of carbonyl (C=O) groups excluding carboxylic acids is 1. The van der Waals surface area contributed by atoms with E-state index in [4.69, 9.17) is 16.7 Å². The van der Waals surface area contributed by atoms with Crippen molar-refractivity contribution in [2.45, 2.75) is 19.0 Å². The van der Waals surface area contributed by atoms with Crippen molar-refractivity contribution in [2.75, 3.05) is 13.1 Å². The molecule has 0 spiro atoms. The summed E-state index contributed by atoms with van der Waals surface area (Å²) in [6.45, 7) is 0.484. The van der Waals surface area contributed by atoms with Gasteiger partial charge in [-0.2, -0.15) is 13.2 Å². The minimum atomic E-state index is -4.66. The first-order chi connectivity index (χ1) is 10.6. The van der Waals surface area contributed by atoms with Crippen LogP contribution in [0.4, 0.5) is 13.2 Å². The van der Waals surface area contributed by atoms with E-state index in [1.54, 1.807) is 31.2 Å². The number of amides is 1. The second kappa shape index (κ2) is 6.39. The van der Waals surface area contributed by atoms with Gasteiger partial charge in [0.25, 0.3) is 0 Å². The molecule has 0 bridgehead atoms. The van der Waals surface area contributed by atoms with Gasteiger partial charge in [0.15, 0.2) is 0 Å². The molecule has 0 aliphatic carbocycles. The molecule has 1 aliphatic rings. The van der Waals surface area contributed by atoms with E-state index >= 15 is 0 Å². The monoisotopic (exact) mass is 349 g/mol. The molecule has 0 aromatic heterocycles. The van der Waals surface area contributed by atoms with Crippen LogP contribution in [0.5, 0.6) is 0 Å². The number of alkyl halides is 3. The Morgan fingerprint density at radius 1 is 1.35 bits per heavy atom. The van der Waals surface area contributed by atoms with Crippen LogP contribution in [-0.2, 0) is 9.59 Å². The number of nitrogens with zero attached hydrogens (tertiary/aromatic N) is 1. The highest BCUT2D eigenvalue weighted by atomic mass is 35.5. The van der Waals surface area contributed by atoms with Crippen molar-refractivity contribution in [3.05, 3.63) is 34.9 Å². The summed E-state index contributed by atoms with van der Waals surface area (Å²) in [4.78, 5) is 24.5. The number of carbonyl (C=O) groups is 2. The van der Waals surface area contributed by atoms with Crippen LogP contribution in [0.15, 0.2) is 24.3 Å². The molecule has 1 unspecified atom stereocenters. The predicted octanol–water partition coefficient (Wildman–Crippen LogP) is 3.17. The van der Waals surface area contributed by atoms with E-state index in [0.29, 0.717) is 10.6 Å². The van der Waals surface area contributed by atoms with E-state index < -0.39 is 48.9 Å². The summed E-state index contributed by atoms with van der Waals surface area (Å²) in [6, 6.07) is 6.48. The minimum Gasteiger partial charge on any atom is -0.481 e. The standard InChI is InChI=1S/C15H15ClF3NO3/c1-8(9-3-2-4-10(16)5-9)13(21)20-6-11(14(22)23)12(7-20)15(17,18)19/h2-5,8,11-12H,6-7H2,1H3,(H,22,23)/t8?,11-,12-/m1/s1. The molecule has 1 heterocycles. The minimum absolute atomic E-state index is 0.417. The molecular formula is C15H15ClF3NO3. The molecule has 1 aromatic rings. The number of hydrogen-bond acceptors (Lipinski definition) is 2. The normalized spacial score (nSPS) is 22.9. The van der Waals surface area contributed by atoms with Gasteiger partial charge >= 0.3 is 12.1 Å². The Balaban J connectivity index is 2.19. The number of rotatable bonds is 3. The smallest absolute Gasteiger partial charge is 0.394 e. The van der Waals surface area contributed by atoms with Crippen molar-refractivity contribution in [1.29, 1.82) is 0 Å². The highest BCUT2D eigenvalue weighted by Crippen LogP contribution is 2.38. The lowest BCUT2D eigenvalue weighted by Crippen LogP contribution is -2.34. The number of aliphatic carboxylic acids is 1. The fourth-order valence-corrected chi connectivity index (χ4v) is 2.96. The molecule has 1 aliphatic heterocycles. The Labute approximate surface area is 135 Å². The SMILES string of the molecule is CC(C(=O)N1C[C@@H](C(F)(F)F)[C@H](C(=O)O)C1)c1cccc(Cl)c1. The van der Waals surface area contributed by atoms with Gasteiger partial charge in [0.05, 0.1) is 17.8 Å². The Hall–Kier alpha value is -1.76. The van der Waals surface area contributed by atoms with Crippen molar-refractivity contribution < 1.29 is 27.9 Å². The number of carboxylic acid groups (broad SMARTS) is 1. The van der Waals surface area contributed by atoms with Crippen LogP contribution >= 0.6 is 11.6 Å². The second-order valence-electron chi connectivity index (χ2n) is 5.61. The van der Waals surface area contributed by atoms with E-state index in [1.807, 2.05) is 0 Å².